The molecule has 4 rings (SSSR count). The lowest BCUT2D eigenvalue weighted by Gasteiger charge is -2.36. The maximum Gasteiger partial charge on any atom is 0.451 e. The summed E-state index contributed by atoms with van der Waals surface area (Å²) < 4.78 is 94.6. The second kappa shape index (κ2) is 7.61. The zero-order valence-electron chi connectivity index (χ0n) is 16.0. The molecule has 0 unspecified atom stereocenters. The molecule has 3 aromatic rings. The first-order valence-electron chi connectivity index (χ1n) is 9.22. The molecule has 32 heavy (non-hydrogen) atoms. The Morgan fingerprint density at radius 1 is 0.875 bits per heavy atom. The van der Waals surface area contributed by atoms with Crippen LogP contribution in [0, 0.1) is 5.82 Å². The van der Waals surface area contributed by atoms with Crippen LogP contribution in [0.1, 0.15) is 39.2 Å². The van der Waals surface area contributed by atoms with Crippen LogP contribution in [0.2, 0.25) is 0 Å². The van der Waals surface area contributed by atoms with Crippen LogP contribution < -0.4 is 0 Å². The van der Waals surface area contributed by atoms with Crippen LogP contribution in [-0.2, 0) is 18.9 Å². The SMILES string of the molecule is O=C(c1cccc(C(F)(F)F)c1F)N1CCn2c(nnc2C(F)(F)F)[C@H]1c1ccccc1. The number of hydrogen-bond acceptors (Lipinski definition) is 3. The summed E-state index contributed by atoms with van der Waals surface area (Å²) in [6, 6.07) is 8.90. The normalized spacial score (nSPS) is 16.7. The van der Waals surface area contributed by atoms with Gasteiger partial charge in [-0.05, 0) is 17.7 Å². The molecule has 0 radical (unpaired) electrons. The molecule has 0 saturated heterocycles. The van der Waals surface area contributed by atoms with Gasteiger partial charge >= 0.3 is 12.4 Å². The number of fused-ring (bicyclic) bond motifs is 1. The minimum absolute atomic E-state index is 0.226. The fraction of sp³-hybridized carbons (Fsp3) is 0.250. The highest BCUT2D eigenvalue weighted by molar-refractivity contribution is 5.95. The molecule has 0 spiro atoms. The summed E-state index contributed by atoms with van der Waals surface area (Å²) in [4.78, 5) is 14.1. The van der Waals surface area contributed by atoms with Gasteiger partial charge < -0.3 is 9.47 Å². The first-order chi connectivity index (χ1) is 15.0. The van der Waals surface area contributed by atoms with Crippen LogP contribution in [0.15, 0.2) is 48.5 Å². The van der Waals surface area contributed by atoms with Gasteiger partial charge in [0.2, 0.25) is 5.82 Å². The highest BCUT2D eigenvalue weighted by Gasteiger charge is 2.44. The molecule has 12 heteroatoms. The van der Waals surface area contributed by atoms with E-state index in [-0.39, 0.29) is 18.9 Å². The van der Waals surface area contributed by atoms with Crippen molar-refractivity contribution in [2.45, 2.75) is 24.9 Å². The van der Waals surface area contributed by atoms with Crippen molar-refractivity contribution >= 4 is 5.91 Å². The van der Waals surface area contributed by atoms with E-state index in [0.717, 1.165) is 21.6 Å². The lowest BCUT2D eigenvalue weighted by atomic mass is 10.00. The zero-order chi connectivity index (χ0) is 23.3. The summed E-state index contributed by atoms with van der Waals surface area (Å²) in [5.74, 6) is -4.34. The third-order valence-electron chi connectivity index (χ3n) is 5.06. The Morgan fingerprint density at radius 3 is 2.19 bits per heavy atom. The standard InChI is InChI=1S/C20H13F7N4O/c21-14-12(7-4-8-13(14)19(22,23)24)17(32)30-9-10-31-16(28-29-18(31)20(25,26)27)15(30)11-5-2-1-3-6-11/h1-8,15H,9-10H2/t15-/m1/s1. The lowest BCUT2D eigenvalue weighted by molar-refractivity contribution is -0.148. The van der Waals surface area contributed by atoms with Crippen molar-refractivity contribution in [2.75, 3.05) is 6.54 Å². The molecule has 0 saturated carbocycles. The van der Waals surface area contributed by atoms with Crippen LogP contribution in [0.25, 0.3) is 0 Å². The highest BCUT2D eigenvalue weighted by atomic mass is 19.4. The fourth-order valence-electron chi connectivity index (χ4n) is 3.68. The first-order valence-corrected chi connectivity index (χ1v) is 9.22. The quantitative estimate of drug-likeness (QED) is 0.524. The van der Waals surface area contributed by atoms with Gasteiger partial charge in [-0.25, -0.2) is 4.39 Å². The van der Waals surface area contributed by atoms with Gasteiger partial charge in [-0.2, -0.15) is 26.3 Å². The molecule has 168 valence electrons. The average molecular weight is 458 g/mol. The van der Waals surface area contributed by atoms with Crippen molar-refractivity contribution in [3.63, 3.8) is 0 Å². The summed E-state index contributed by atoms with van der Waals surface area (Å²) in [5.41, 5.74) is -2.11. The number of amides is 1. The number of halogens is 7. The van der Waals surface area contributed by atoms with Crippen LogP contribution >= 0.6 is 0 Å². The van der Waals surface area contributed by atoms with E-state index in [9.17, 15) is 35.5 Å². The third kappa shape index (κ3) is 3.69. The van der Waals surface area contributed by atoms with E-state index in [2.05, 4.69) is 10.2 Å². The molecule has 0 bridgehead atoms. The van der Waals surface area contributed by atoms with Crippen LogP contribution in [-0.4, -0.2) is 32.1 Å². The summed E-state index contributed by atoms with van der Waals surface area (Å²) >= 11 is 0. The highest BCUT2D eigenvalue weighted by Crippen LogP contribution is 2.38. The molecule has 1 aliphatic rings. The van der Waals surface area contributed by atoms with E-state index in [1.807, 2.05) is 0 Å². The Kier molecular flexibility index (Phi) is 5.18. The molecule has 1 aromatic heterocycles. The summed E-state index contributed by atoms with van der Waals surface area (Å²) in [5, 5.41) is 6.81. The number of hydrogen-bond donors (Lipinski definition) is 0. The van der Waals surface area contributed by atoms with Crippen LogP contribution in [0.4, 0.5) is 30.7 Å². The second-order valence-electron chi connectivity index (χ2n) is 7.01. The van der Waals surface area contributed by atoms with Crippen molar-refractivity contribution in [3.05, 3.63) is 82.7 Å². The van der Waals surface area contributed by atoms with E-state index in [1.165, 1.54) is 12.1 Å². The second-order valence-corrected chi connectivity index (χ2v) is 7.01. The molecule has 0 N–H and O–H groups in total. The molecule has 2 aromatic carbocycles. The molecule has 5 nitrogen and oxygen atoms in total. The number of benzene rings is 2. The van der Waals surface area contributed by atoms with Crippen molar-refractivity contribution in [1.29, 1.82) is 0 Å². The van der Waals surface area contributed by atoms with Gasteiger partial charge in [-0.15, -0.1) is 10.2 Å². The molecule has 0 fully saturated rings. The topological polar surface area (TPSA) is 51.0 Å². The molecule has 1 aliphatic heterocycles. The number of alkyl halides is 6. The lowest BCUT2D eigenvalue weighted by Crippen LogP contribution is -2.44. The number of carbonyl (C=O) groups excluding carboxylic acids is 1. The van der Waals surface area contributed by atoms with Crippen molar-refractivity contribution in [1.82, 2.24) is 19.7 Å². The minimum Gasteiger partial charge on any atom is -0.322 e. The number of nitrogens with zero attached hydrogens (tertiary/aromatic N) is 4. The molecule has 2 heterocycles. The third-order valence-corrected chi connectivity index (χ3v) is 5.06. The van der Waals surface area contributed by atoms with Gasteiger partial charge in [0.25, 0.3) is 5.91 Å². The summed E-state index contributed by atoms with van der Waals surface area (Å²) in [6.45, 7) is -0.699. The Labute approximate surface area is 176 Å². The van der Waals surface area contributed by atoms with Gasteiger partial charge in [0.15, 0.2) is 5.82 Å². The van der Waals surface area contributed by atoms with Gasteiger partial charge in [0, 0.05) is 13.1 Å². The Morgan fingerprint density at radius 2 is 1.56 bits per heavy atom. The van der Waals surface area contributed by atoms with Crippen LogP contribution in [0.5, 0.6) is 0 Å². The molecular formula is C20H13F7N4O. The van der Waals surface area contributed by atoms with Crippen molar-refractivity contribution in [3.8, 4) is 0 Å². The van der Waals surface area contributed by atoms with E-state index in [0.29, 0.717) is 11.6 Å². The Balaban J connectivity index is 1.83. The van der Waals surface area contributed by atoms with E-state index in [1.54, 1.807) is 18.2 Å². The molecule has 0 aliphatic carbocycles. The maximum absolute atomic E-state index is 14.6. The first kappa shape index (κ1) is 21.8. The molecule has 1 atom stereocenters. The average Bonchev–Trinajstić information content (AvgIpc) is 3.17. The summed E-state index contributed by atoms with van der Waals surface area (Å²) in [6.07, 6.45) is -9.82. The van der Waals surface area contributed by atoms with Gasteiger partial charge in [-0.3, -0.25) is 4.79 Å². The number of aromatic nitrogens is 3. The van der Waals surface area contributed by atoms with Crippen molar-refractivity contribution < 1.29 is 35.5 Å². The fourth-order valence-corrected chi connectivity index (χ4v) is 3.68. The number of rotatable bonds is 2. The van der Waals surface area contributed by atoms with Gasteiger partial charge in [0.05, 0.1) is 11.1 Å². The Bertz CT molecular complexity index is 1150. The van der Waals surface area contributed by atoms with Gasteiger partial charge in [-0.1, -0.05) is 36.4 Å². The Hall–Kier alpha value is -3.44. The summed E-state index contributed by atoms with van der Waals surface area (Å²) in [7, 11) is 0. The predicted molar refractivity (Wildman–Crippen MR) is 95.7 cm³/mol. The predicted octanol–water partition coefficient (Wildman–Crippen LogP) is 4.70. The van der Waals surface area contributed by atoms with Gasteiger partial charge in [0.1, 0.15) is 11.9 Å². The number of carbonyl (C=O) groups is 1. The monoisotopic (exact) mass is 458 g/mol. The molecule has 1 amide bonds. The van der Waals surface area contributed by atoms with Crippen LogP contribution in [0.3, 0.4) is 0 Å². The van der Waals surface area contributed by atoms with E-state index in [4.69, 9.17) is 0 Å². The minimum atomic E-state index is -5.02. The smallest absolute Gasteiger partial charge is 0.322 e. The van der Waals surface area contributed by atoms with Crippen molar-refractivity contribution in [2.24, 2.45) is 0 Å². The molecular weight excluding hydrogens is 445 g/mol. The van der Waals surface area contributed by atoms with E-state index < -0.39 is 47.1 Å². The zero-order valence-corrected chi connectivity index (χ0v) is 16.0. The largest absolute Gasteiger partial charge is 0.451 e. The van der Waals surface area contributed by atoms with E-state index >= 15 is 0 Å². The maximum atomic E-state index is 14.6.